The van der Waals surface area contributed by atoms with Crippen molar-refractivity contribution in [2.24, 2.45) is 0 Å². The molecule has 0 radical (unpaired) electrons. The van der Waals surface area contributed by atoms with E-state index in [0.717, 1.165) is 11.0 Å². The van der Waals surface area contributed by atoms with Gasteiger partial charge < -0.3 is 19.1 Å². The summed E-state index contributed by atoms with van der Waals surface area (Å²) in [6, 6.07) is 5.45. The number of ether oxygens (including phenoxy) is 3. The number of Topliss-reactive ketones (excluding diaryl/α,β-unsaturated/α-hetero) is 2. The van der Waals surface area contributed by atoms with Crippen LogP contribution >= 0.6 is 11.3 Å². The molecular weight excluding hydrogens is 666 g/mol. The summed E-state index contributed by atoms with van der Waals surface area (Å²) < 4.78 is 45.4. The van der Waals surface area contributed by atoms with Crippen LogP contribution < -0.4 is 19.7 Å². The maximum Gasteiger partial charge on any atom is 0.266 e. The van der Waals surface area contributed by atoms with Crippen LogP contribution in [0.25, 0.3) is 11.3 Å². The molecule has 1 aromatic heterocycles. The largest absolute Gasteiger partial charge is 0.485 e. The van der Waals surface area contributed by atoms with Gasteiger partial charge in [0.25, 0.3) is 11.8 Å². The van der Waals surface area contributed by atoms with Crippen LogP contribution in [-0.4, -0.2) is 90.6 Å². The highest BCUT2D eigenvalue weighted by molar-refractivity contribution is 7.14. The molecule has 1 N–H and O–H groups in total. The second-order valence-electron chi connectivity index (χ2n) is 11.5. The lowest BCUT2D eigenvalue weighted by molar-refractivity contribution is -0.136. The Labute approximate surface area is 282 Å². The Kier molecular flexibility index (Phi) is 10.1. The number of hydrogen-bond acceptors (Lipinski definition) is 12. The summed E-state index contributed by atoms with van der Waals surface area (Å²) in [5.74, 6) is -6.40. The SMILES string of the molecule is O=C(CCCC(=O)COc1c(-c2csc(N3CCOCC3)n2)ccc(F)c1F)COc1cccc2c1C(=O)N(C1CCC(=O)NC1=O)C2=O. The third-order valence-corrected chi connectivity index (χ3v) is 9.11. The van der Waals surface area contributed by atoms with E-state index in [4.69, 9.17) is 14.2 Å². The van der Waals surface area contributed by atoms with Crippen LogP contribution in [0.3, 0.4) is 0 Å². The van der Waals surface area contributed by atoms with Crippen molar-refractivity contribution in [2.75, 3.05) is 44.4 Å². The van der Waals surface area contributed by atoms with Crippen LogP contribution in [0.15, 0.2) is 35.7 Å². The van der Waals surface area contributed by atoms with Gasteiger partial charge in [-0.25, -0.2) is 9.37 Å². The molecule has 16 heteroatoms. The summed E-state index contributed by atoms with van der Waals surface area (Å²) in [4.78, 5) is 82.6. The van der Waals surface area contributed by atoms with Crippen molar-refractivity contribution < 1.29 is 51.8 Å². The molecule has 4 amide bonds. The number of morpholine rings is 1. The maximum atomic E-state index is 14.8. The number of thiazole rings is 1. The number of nitrogens with one attached hydrogen (secondary N) is 1. The number of amides is 4. The van der Waals surface area contributed by atoms with Crippen molar-refractivity contribution in [3.8, 4) is 22.8 Å². The number of ketones is 2. The molecule has 0 saturated carbocycles. The van der Waals surface area contributed by atoms with Gasteiger partial charge in [-0.05, 0) is 37.1 Å². The smallest absolute Gasteiger partial charge is 0.266 e. The minimum Gasteiger partial charge on any atom is -0.485 e. The quantitative estimate of drug-likeness (QED) is 0.262. The van der Waals surface area contributed by atoms with Gasteiger partial charge in [0.15, 0.2) is 28.3 Å². The van der Waals surface area contributed by atoms with Gasteiger partial charge in [0.1, 0.15) is 25.0 Å². The normalized spacial score (nSPS) is 17.6. The first-order valence-corrected chi connectivity index (χ1v) is 16.4. The Bertz CT molecular complexity index is 1840. The molecule has 2 aromatic carbocycles. The van der Waals surface area contributed by atoms with Crippen molar-refractivity contribution in [1.29, 1.82) is 0 Å². The lowest BCUT2D eigenvalue weighted by Crippen LogP contribution is -2.54. The second-order valence-corrected chi connectivity index (χ2v) is 12.3. The third kappa shape index (κ3) is 7.19. The number of imide groups is 2. The number of piperidine rings is 1. The molecule has 256 valence electrons. The Balaban J connectivity index is 1.00. The number of nitrogens with zero attached hydrogens (tertiary/aromatic N) is 3. The summed E-state index contributed by atoms with van der Waals surface area (Å²) >= 11 is 1.34. The first kappa shape index (κ1) is 33.8. The van der Waals surface area contributed by atoms with Crippen LogP contribution in [0, 0.1) is 11.6 Å². The van der Waals surface area contributed by atoms with E-state index in [1.807, 2.05) is 4.90 Å². The number of aromatic nitrogens is 1. The number of fused-ring (bicyclic) bond motifs is 1. The number of rotatable bonds is 13. The second kappa shape index (κ2) is 14.6. The Morgan fingerprint density at radius 2 is 1.69 bits per heavy atom. The van der Waals surface area contributed by atoms with Crippen molar-refractivity contribution in [3.63, 3.8) is 0 Å². The fourth-order valence-electron chi connectivity index (χ4n) is 5.70. The number of halogens is 2. The zero-order chi connectivity index (χ0) is 34.7. The van der Waals surface area contributed by atoms with Crippen LogP contribution in [0.2, 0.25) is 0 Å². The number of anilines is 1. The van der Waals surface area contributed by atoms with Gasteiger partial charge in [-0.1, -0.05) is 6.07 Å². The molecule has 0 spiro atoms. The summed E-state index contributed by atoms with van der Waals surface area (Å²) in [5, 5.41) is 4.53. The average molecular weight is 697 g/mol. The molecule has 0 bridgehead atoms. The van der Waals surface area contributed by atoms with E-state index in [2.05, 4.69) is 10.3 Å². The summed E-state index contributed by atoms with van der Waals surface area (Å²) in [5.41, 5.74) is 0.492. The first-order valence-electron chi connectivity index (χ1n) is 15.5. The molecule has 3 aromatic rings. The van der Waals surface area contributed by atoms with Gasteiger partial charge in [0.05, 0.1) is 30.0 Å². The molecule has 2 fully saturated rings. The Morgan fingerprint density at radius 3 is 2.43 bits per heavy atom. The predicted octanol–water partition coefficient (Wildman–Crippen LogP) is 3.09. The summed E-state index contributed by atoms with van der Waals surface area (Å²) in [6.45, 7) is 1.39. The van der Waals surface area contributed by atoms with Crippen LogP contribution in [-0.2, 0) is 23.9 Å². The van der Waals surface area contributed by atoms with Crippen molar-refractivity contribution in [2.45, 2.75) is 38.1 Å². The van der Waals surface area contributed by atoms with Gasteiger partial charge in [0, 0.05) is 43.3 Å². The molecule has 13 nitrogen and oxygen atoms in total. The average Bonchev–Trinajstić information content (AvgIpc) is 3.68. The topological polar surface area (TPSA) is 162 Å². The van der Waals surface area contributed by atoms with Crippen molar-refractivity contribution >= 4 is 51.7 Å². The molecule has 6 rings (SSSR count). The third-order valence-electron chi connectivity index (χ3n) is 8.21. The molecule has 1 atom stereocenters. The van der Waals surface area contributed by atoms with Gasteiger partial charge in [-0.3, -0.25) is 39.0 Å². The number of hydrogen-bond donors (Lipinski definition) is 1. The number of benzene rings is 2. The van der Waals surface area contributed by atoms with E-state index in [1.165, 1.54) is 35.6 Å². The number of carbonyl (C=O) groups is 6. The van der Waals surface area contributed by atoms with Crippen molar-refractivity contribution in [1.82, 2.24) is 15.2 Å². The molecule has 49 heavy (non-hydrogen) atoms. The zero-order valence-electron chi connectivity index (χ0n) is 26.0. The van der Waals surface area contributed by atoms with Crippen LogP contribution in [0.5, 0.6) is 11.5 Å². The van der Waals surface area contributed by atoms with E-state index in [-0.39, 0.29) is 54.5 Å². The fourth-order valence-corrected chi connectivity index (χ4v) is 6.58. The highest BCUT2D eigenvalue weighted by Crippen LogP contribution is 2.37. The van der Waals surface area contributed by atoms with Crippen LogP contribution in [0.1, 0.15) is 52.8 Å². The molecular formula is C33H30F2N4O9S. The summed E-state index contributed by atoms with van der Waals surface area (Å²) in [7, 11) is 0. The lowest BCUT2D eigenvalue weighted by atomic mass is 10.0. The van der Waals surface area contributed by atoms with Crippen molar-refractivity contribution in [3.05, 3.63) is 58.5 Å². The minimum absolute atomic E-state index is 0.00505. The lowest BCUT2D eigenvalue weighted by Gasteiger charge is -2.27. The predicted molar refractivity (Wildman–Crippen MR) is 168 cm³/mol. The van der Waals surface area contributed by atoms with Gasteiger partial charge in [-0.15, -0.1) is 11.3 Å². The van der Waals surface area contributed by atoms with Crippen LogP contribution in [0.4, 0.5) is 13.9 Å². The minimum atomic E-state index is -1.24. The van der Waals surface area contributed by atoms with E-state index < -0.39 is 71.8 Å². The summed E-state index contributed by atoms with van der Waals surface area (Å²) in [6.07, 6.45) is -0.0776. The van der Waals surface area contributed by atoms with Gasteiger partial charge in [0.2, 0.25) is 17.6 Å². The molecule has 2 saturated heterocycles. The van der Waals surface area contributed by atoms with E-state index in [1.54, 1.807) is 5.38 Å². The highest BCUT2D eigenvalue weighted by Gasteiger charge is 2.46. The number of carbonyl (C=O) groups excluding carboxylic acids is 6. The zero-order valence-corrected chi connectivity index (χ0v) is 26.8. The maximum absolute atomic E-state index is 14.8. The first-order chi connectivity index (χ1) is 23.6. The van der Waals surface area contributed by atoms with Gasteiger partial charge in [-0.2, -0.15) is 4.39 Å². The van der Waals surface area contributed by atoms with E-state index >= 15 is 0 Å². The molecule has 4 heterocycles. The van der Waals surface area contributed by atoms with E-state index in [0.29, 0.717) is 37.1 Å². The highest BCUT2D eigenvalue weighted by atomic mass is 32.1. The molecule has 3 aliphatic heterocycles. The molecule has 1 unspecified atom stereocenters. The molecule has 0 aliphatic carbocycles. The fraction of sp³-hybridized carbons (Fsp3) is 0.364. The standard InChI is InChI=1S/C33H30F2N4O9S/c34-22-8-7-20(23-17-49-33(36-23)38-11-13-46-14-12-38)29(28(22)35)48-16-19(41)4-1-3-18(40)15-47-25-6-2-5-21-27(25)32(45)39(31(21)44)24-9-10-26(42)37-30(24)43/h2,5-8,17,24H,1,3-4,9-16H2,(H,37,42,43). The Hall–Kier alpha value is -5.09. The molecule has 3 aliphatic rings. The van der Waals surface area contributed by atoms with Gasteiger partial charge >= 0.3 is 0 Å². The monoisotopic (exact) mass is 696 g/mol. The van der Waals surface area contributed by atoms with E-state index in [9.17, 15) is 37.5 Å². The Morgan fingerprint density at radius 1 is 0.959 bits per heavy atom.